The topological polar surface area (TPSA) is 111 Å². The van der Waals surface area contributed by atoms with Gasteiger partial charge in [0.25, 0.3) is 5.91 Å². The maximum absolute atomic E-state index is 13.3. The molecule has 0 spiro atoms. The highest BCUT2D eigenvalue weighted by molar-refractivity contribution is 7.99. The molecule has 3 aromatic carbocycles. The molecule has 8 nitrogen and oxygen atoms in total. The number of carboxylic acids is 1. The molecule has 1 heterocycles. The number of unbranched alkanes of at least 4 members (excludes halogenated alkanes) is 2. The molecule has 0 fully saturated rings. The minimum Gasteiger partial charge on any atom is -0.478 e. The standard InChI is InChI=1S/C30H31ClN4O4S/c1-2-3-4-16-35-26-15-14-24(40-17-6-7-20-10-12-21(13-11-20)29(37)38)19-25(26)27(28(35)36)33-34-30(39)32-23-9-5-8-22(31)18-23/h5,8-15,18-19H,2-4,6-7,16-17H2,1H3,(H,37,38)(H2,32,34,39)/b33-27+. The SMILES string of the molecule is CCCCCN1C(=O)/C(=N/NC(=O)Nc2cccc(Cl)c2)c2cc(SCCCc3ccc(C(=O)O)cc3)ccc21. The van der Waals surface area contributed by atoms with Crippen molar-refractivity contribution in [2.24, 2.45) is 5.10 Å². The van der Waals surface area contributed by atoms with Gasteiger partial charge in [0.05, 0.1) is 11.3 Å². The van der Waals surface area contributed by atoms with E-state index in [1.807, 2.05) is 30.3 Å². The highest BCUT2D eigenvalue weighted by Gasteiger charge is 2.34. The quantitative estimate of drug-likeness (QED) is 0.124. The van der Waals surface area contributed by atoms with Crippen molar-refractivity contribution < 1.29 is 19.5 Å². The molecule has 4 rings (SSSR count). The number of halogens is 1. The molecule has 10 heteroatoms. The third-order valence-corrected chi connectivity index (χ3v) is 7.69. The van der Waals surface area contributed by atoms with Crippen molar-refractivity contribution in [3.8, 4) is 0 Å². The number of amides is 3. The number of hydrogen-bond donors (Lipinski definition) is 3. The Balaban J connectivity index is 1.43. The maximum atomic E-state index is 13.3. The lowest BCUT2D eigenvalue weighted by Gasteiger charge is -2.16. The van der Waals surface area contributed by atoms with Crippen molar-refractivity contribution in [2.75, 3.05) is 22.5 Å². The average Bonchev–Trinajstić information content (AvgIpc) is 3.20. The van der Waals surface area contributed by atoms with Gasteiger partial charge in [0.2, 0.25) is 0 Å². The summed E-state index contributed by atoms with van der Waals surface area (Å²) in [7, 11) is 0. The van der Waals surface area contributed by atoms with Crippen LogP contribution in [0.25, 0.3) is 0 Å². The summed E-state index contributed by atoms with van der Waals surface area (Å²) in [4.78, 5) is 39.6. The Bertz CT molecular complexity index is 1410. The van der Waals surface area contributed by atoms with Crippen LogP contribution in [0.3, 0.4) is 0 Å². The third-order valence-electron chi connectivity index (χ3n) is 6.38. The van der Waals surface area contributed by atoms with Crippen LogP contribution in [-0.2, 0) is 11.2 Å². The van der Waals surface area contributed by atoms with Crippen molar-refractivity contribution >= 4 is 58.4 Å². The highest BCUT2D eigenvalue weighted by Crippen LogP contribution is 2.34. The zero-order valence-corrected chi connectivity index (χ0v) is 23.7. The van der Waals surface area contributed by atoms with Gasteiger partial charge < -0.3 is 15.3 Å². The van der Waals surface area contributed by atoms with Gasteiger partial charge in [-0.1, -0.05) is 49.6 Å². The van der Waals surface area contributed by atoms with Crippen molar-refractivity contribution in [3.63, 3.8) is 0 Å². The van der Waals surface area contributed by atoms with Crippen LogP contribution in [0.2, 0.25) is 5.02 Å². The number of aryl methyl sites for hydroxylation is 1. The molecule has 1 aliphatic rings. The number of rotatable bonds is 12. The molecule has 0 bridgehead atoms. The van der Waals surface area contributed by atoms with Crippen molar-refractivity contribution in [3.05, 3.63) is 88.4 Å². The van der Waals surface area contributed by atoms with E-state index in [0.717, 1.165) is 54.0 Å². The number of carbonyl (C=O) groups excluding carboxylic acids is 2. The van der Waals surface area contributed by atoms with Crippen LogP contribution in [0, 0.1) is 0 Å². The lowest BCUT2D eigenvalue weighted by Crippen LogP contribution is -2.33. The minimum absolute atomic E-state index is 0.203. The van der Waals surface area contributed by atoms with Crippen LogP contribution in [0.4, 0.5) is 16.2 Å². The first kappa shape index (κ1) is 29.2. The van der Waals surface area contributed by atoms with Crippen LogP contribution >= 0.6 is 23.4 Å². The zero-order valence-electron chi connectivity index (χ0n) is 22.2. The lowest BCUT2D eigenvalue weighted by atomic mass is 10.1. The lowest BCUT2D eigenvalue weighted by molar-refractivity contribution is -0.112. The summed E-state index contributed by atoms with van der Waals surface area (Å²) < 4.78 is 0. The van der Waals surface area contributed by atoms with Gasteiger partial charge in [0.15, 0.2) is 5.71 Å². The van der Waals surface area contributed by atoms with Gasteiger partial charge >= 0.3 is 12.0 Å². The fourth-order valence-corrected chi connectivity index (χ4v) is 5.42. The molecule has 1 aliphatic heterocycles. The van der Waals surface area contributed by atoms with Crippen LogP contribution in [-0.4, -0.2) is 41.0 Å². The van der Waals surface area contributed by atoms with E-state index in [-0.39, 0.29) is 17.2 Å². The van der Waals surface area contributed by atoms with E-state index in [1.54, 1.807) is 53.1 Å². The number of nitrogens with zero attached hydrogens (tertiary/aromatic N) is 2. The van der Waals surface area contributed by atoms with Gasteiger partial charge in [0.1, 0.15) is 0 Å². The number of urea groups is 1. The molecule has 3 aromatic rings. The number of carbonyl (C=O) groups is 3. The fraction of sp³-hybridized carbons (Fsp3) is 0.267. The molecule has 0 radical (unpaired) electrons. The van der Waals surface area contributed by atoms with Gasteiger partial charge in [-0.3, -0.25) is 4.79 Å². The predicted octanol–water partition coefficient (Wildman–Crippen LogP) is 6.83. The Morgan fingerprint density at radius 2 is 1.82 bits per heavy atom. The maximum Gasteiger partial charge on any atom is 0.339 e. The Labute approximate surface area is 242 Å². The first-order valence-corrected chi connectivity index (χ1v) is 14.5. The predicted molar refractivity (Wildman–Crippen MR) is 161 cm³/mol. The number of carboxylic acid groups (broad SMARTS) is 1. The first-order chi connectivity index (χ1) is 19.4. The van der Waals surface area contributed by atoms with Crippen LogP contribution in [0.15, 0.2) is 76.7 Å². The van der Waals surface area contributed by atoms with E-state index in [2.05, 4.69) is 22.8 Å². The second-order valence-electron chi connectivity index (χ2n) is 9.33. The van der Waals surface area contributed by atoms with Gasteiger partial charge in [-0.05, 0) is 79.1 Å². The second-order valence-corrected chi connectivity index (χ2v) is 10.9. The largest absolute Gasteiger partial charge is 0.478 e. The van der Waals surface area contributed by atoms with E-state index in [4.69, 9.17) is 16.7 Å². The normalized spacial score (nSPS) is 13.4. The molecule has 208 valence electrons. The number of hydrazone groups is 1. The number of aromatic carboxylic acids is 1. The molecule has 0 saturated heterocycles. The number of nitrogens with one attached hydrogen (secondary N) is 2. The van der Waals surface area contributed by atoms with Crippen LogP contribution < -0.4 is 15.6 Å². The molecule has 0 atom stereocenters. The Kier molecular flexibility index (Phi) is 10.2. The summed E-state index contributed by atoms with van der Waals surface area (Å²) >= 11 is 7.66. The molecule has 40 heavy (non-hydrogen) atoms. The van der Waals surface area contributed by atoms with E-state index < -0.39 is 12.0 Å². The smallest absolute Gasteiger partial charge is 0.339 e. The monoisotopic (exact) mass is 578 g/mol. The molecule has 3 N–H and O–H groups in total. The van der Waals surface area contributed by atoms with E-state index >= 15 is 0 Å². The molecule has 0 unspecified atom stereocenters. The molecule has 3 amide bonds. The Morgan fingerprint density at radius 1 is 1.02 bits per heavy atom. The number of anilines is 2. The van der Waals surface area contributed by atoms with Gasteiger partial charge in [-0.15, -0.1) is 11.8 Å². The number of thioether (sulfide) groups is 1. The average molecular weight is 579 g/mol. The molecule has 0 aromatic heterocycles. The highest BCUT2D eigenvalue weighted by atomic mass is 35.5. The summed E-state index contributed by atoms with van der Waals surface area (Å²) in [6, 6.07) is 19.0. The third kappa shape index (κ3) is 7.64. The number of hydrogen-bond acceptors (Lipinski definition) is 5. The summed E-state index contributed by atoms with van der Waals surface area (Å²) in [5.74, 6) is -0.317. The number of benzene rings is 3. The van der Waals surface area contributed by atoms with Crippen LogP contribution in [0.5, 0.6) is 0 Å². The summed E-state index contributed by atoms with van der Waals surface area (Å²) in [5.41, 5.74) is 6.03. The van der Waals surface area contributed by atoms with Gasteiger partial charge in [0, 0.05) is 27.7 Å². The fourth-order valence-electron chi connectivity index (χ4n) is 4.34. The molecule has 0 saturated carbocycles. The molecule has 0 aliphatic carbocycles. The van der Waals surface area contributed by atoms with E-state index in [1.165, 1.54) is 0 Å². The Morgan fingerprint density at radius 3 is 2.55 bits per heavy atom. The molecular formula is C30H31ClN4O4S. The second kappa shape index (κ2) is 14.0. The van der Waals surface area contributed by atoms with E-state index in [9.17, 15) is 14.4 Å². The van der Waals surface area contributed by atoms with Crippen molar-refractivity contribution in [1.29, 1.82) is 0 Å². The van der Waals surface area contributed by atoms with Crippen molar-refractivity contribution in [1.82, 2.24) is 5.43 Å². The number of fused-ring (bicyclic) bond motifs is 1. The van der Waals surface area contributed by atoms with Crippen LogP contribution in [0.1, 0.15) is 54.1 Å². The summed E-state index contributed by atoms with van der Waals surface area (Å²) in [6.45, 7) is 2.70. The first-order valence-electron chi connectivity index (χ1n) is 13.2. The van der Waals surface area contributed by atoms with E-state index in [0.29, 0.717) is 22.8 Å². The summed E-state index contributed by atoms with van der Waals surface area (Å²) in [5, 5.41) is 16.4. The zero-order chi connectivity index (χ0) is 28.5. The molecular weight excluding hydrogens is 548 g/mol. The Hall–Kier alpha value is -3.82. The minimum atomic E-state index is -0.930. The van der Waals surface area contributed by atoms with Gasteiger partial charge in [-0.2, -0.15) is 5.10 Å². The summed E-state index contributed by atoms with van der Waals surface area (Å²) in [6.07, 6.45) is 4.67. The van der Waals surface area contributed by atoms with Gasteiger partial charge in [-0.25, -0.2) is 15.0 Å². The van der Waals surface area contributed by atoms with Crippen molar-refractivity contribution in [2.45, 2.75) is 43.9 Å².